The van der Waals surface area contributed by atoms with Gasteiger partial charge in [0.1, 0.15) is 5.82 Å². The van der Waals surface area contributed by atoms with E-state index in [0.717, 1.165) is 50.4 Å². The molecule has 7 nitrogen and oxygen atoms in total. The van der Waals surface area contributed by atoms with Crippen LogP contribution in [0.1, 0.15) is 37.4 Å². The largest absolute Gasteiger partial charge is 0.350 e. The van der Waals surface area contributed by atoms with Gasteiger partial charge in [0.15, 0.2) is 0 Å². The van der Waals surface area contributed by atoms with Crippen molar-refractivity contribution in [2.75, 3.05) is 26.2 Å². The predicted molar refractivity (Wildman–Crippen MR) is 98.5 cm³/mol. The standard InChI is InChI=1S/C19H25N5O2/c25-17-9-5-11-22(17)12-13-23-19(26)24(16-7-2-1-3-8-16)18(21-23)15-6-4-10-20-14-15/h1-3,7-8,15,20H,4-6,9-14H2/t15-/m1/s1. The molecule has 1 N–H and O–H groups in total. The molecule has 2 aromatic rings. The molecule has 0 unspecified atom stereocenters. The Morgan fingerprint density at radius 2 is 1.96 bits per heavy atom. The quantitative estimate of drug-likeness (QED) is 0.873. The summed E-state index contributed by atoms with van der Waals surface area (Å²) >= 11 is 0. The number of benzene rings is 1. The lowest BCUT2D eigenvalue weighted by molar-refractivity contribution is -0.127. The van der Waals surface area contributed by atoms with Crippen LogP contribution in [-0.4, -0.2) is 51.3 Å². The van der Waals surface area contributed by atoms with E-state index in [1.807, 2.05) is 35.2 Å². The summed E-state index contributed by atoms with van der Waals surface area (Å²) in [5.41, 5.74) is 0.727. The number of hydrogen-bond donors (Lipinski definition) is 1. The van der Waals surface area contributed by atoms with Crippen LogP contribution >= 0.6 is 0 Å². The van der Waals surface area contributed by atoms with Crippen molar-refractivity contribution in [2.45, 2.75) is 38.1 Å². The van der Waals surface area contributed by atoms with E-state index in [1.54, 1.807) is 4.57 Å². The molecule has 138 valence electrons. The Morgan fingerprint density at radius 3 is 2.65 bits per heavy atom. The number of rotatable bonds is 5. The van der Waals surface area contributed by atoms with Crippen LogP contribution in [-0.2, 0) is 11.3 Å². The Morgan fingerprint density at radius 1 is 1.12 bits per heavy atom. The van der Waals surface area contributed by atoms with E-state index in [2.05, 4.69) is 10.4 Å². The van der Waals surface area contributed by atoms with E-state index < -0.39 is 0 Å². The van der Waals surface area contributed by atoms with E-state index >= 15 is 0 Å². The number of nitrogens with zero attached hydrogens (tertiary/aromatic N) is 4. The summed E-state index contributed by atoms with van der Waals surface area (Å²) in [6, 6.07) is 9.70. The fourth-order valence-electron chi connectivity index (χ4n) is 3.88. The molecule has 2 aliphatic heterocycles. The Labute approximate surface area is 152 Å². The highest BCUT2D eigenvalue weighted by atomic mass is 16.2. The molecule has 1 aromatic carbocycles. The number of piperidine rings is 1. The SMILES string of the molecule is O=C1CCCN1CCn1nc([C@@H]2CCCNC2)n(-c2ccccc2)c1=O. The maximum Gasteiger partial charge on any atom is 0.350 e. The second-order valence-electron chi connectivity index (χ2n) is 7.06. The first-order valence-corrected chi connectivity index (χ1v) is 9.48. The molecule has 7 heteroatoms. The van der Waals surface area contributed by atoms with Crippen molar-refractivity contribution in [1.29, 1.82) is 0 Å². The number of carbonyl (C=O) groups is 1. The van der Waals surface area contributed by atoms with Gasteiger partial charge in [-0.25, -0.2) is 14.0 Å². The minimum atomic E-state index is -0.122. The van der Waals surface area contributed by atoms with Gasteiger partial charge >= 0.3 is 5.69 Å². The molecular formula is C19H25N5O2. The minimum Gasteiger partial charge on any atom is -0.341 e. The Bertz CT molecular complexity index is 820. The van der Waals surface area contributed by atoms with E-state index in [4.69, 9.17) is 0 Å². The second kappa shape index (κ2) is 7.45. The van der Waals surface area contributed by atoms with Gasteiger partial charge in [-0.2, -0.15) is 5.10 Å². The fraction of sp³-hybridized carbons (Fsp3) is 0.526. The third-order valence-corrected chi connectivity index (χ3v) is 5.29. The number of hydrogen-bond acceptors (Lipinski definition) is 4. The first-order chi connectivity index (χ1) is 12.7. The van der Waals surface area contributed by atoms with Crippen molar-refractivity contribution >= 4 is 5.91 Å². The summed E-state index contributed by atoms with van der Waals surface area (Å²) < 4.78 is 3.27. The number of aromatic nitrogens is 3. The van der Waals surface area contributed by atoms with E-state index in [9.17, 15) is 9.59 Å². The molecule has 1 atom stereocenters. The maximum atomic E-state index is 13.1. The van der Waals surface area contributed by atoms with Gasteiger partial charge in [-0.1, -0.05) is 18.2 Å². The molecule has 2 aliphatic rings. The summed E-state index contributed by atoms with van der Waals surface area (Å²) in [4.78, 5) is 26.7. The van der Waals surface area contributed by atoms with Gasteiger partial charge in [0, 0.05) is 32.0 Å². The second-order valence-corrected chi connectivity index (χ2v) is 7.06. The third-order valence-electron chi connectivity index (χ3n) is 5.29. The van der Waals surface area contributed by atoms with Crippen molar-refractivity contribution in [3.63, 3.8) is 0 Å². The van der Waals surface area contributed by atoms with Gasteiger partial charge in [0.05, 0.1) is 12.2 Å². The molecule has 0 radical (unpaired) electrons. The first-order valence-electron chi connectivity index (χ1n) is 9.48. The lowest BCUT2D eigenvalue weighted by Crippen LogP contribution is -2.33. The van der Waals surface area contributed by atoms with Crippen LogP contribution in [0.15, 0.2) is 35.1 Å². The summed E-state index contributed by atoms with van der Waals surface area (Å²) in [7, 11) is 0. The zero-order valence-electron chi connectivity index (χ0n) is 14.9. The van der Waals surface area contributed by atoms with Crippen molar-refractivity contribution in [3.05, 3.63) is 46.6 Å². The molecule has 1 amide bonds. The number of para-hydroxylation sites is 1. The topological polar surface area (TPSA) is 72.2 Å². The molecule has 3 heterocycles. The molecule has 2 fully saturated rings. The predicted octanol–water partition coefficient (Wildman–Crippen LogP) is 1.12. The summed E-state index contributed by atoms with van der Waals surface area (Å²) in [6.45, 7) is 3.63. The van der Waals surface area contributed by atoms with Gasteiger partial charge in [0.25, 0.3) is 0 Å². The van der Waals surface area contributed by atoms with Crippen molar-refractivity contribution in [2.24, 2.45) is 0 Å². The van der Waals surface area contributed by atoms with Crippen LogP contribution < -0.4 is 11.0 Å². The zero-order chi connectivity index (χ0) is 17.9. The van der Waals surface area contributed by atoms with Gasteiger partial charge in [-0.3, -0.25) is 4.79 Å². The van der Waals surface area contributed by atoms with E-state index in [0.29, 0.717) is 19.5 Å². The Balaban J connectivity index is 1.65. The monoisotopic (exact) mass is 355 g/mol. The Kier molecular flexibility index (Phi) is 4.88. The summed E-state index contributed by atoms with van der Waals surface area (Å²) in [5, 5.41) is 8.09. The first kappa shape index (κ1) is 17.0. The van der Waals surface area contributed by atoms with Crippen LogP contribution in [0.3, 0.4) is 0 Å². The fourth-order valence-corrected chi connectivity index (χ4v) is 3.88. The molecule has 0 bridgehead atoms. The molecule has 0 spiro atoms. The minimum absolute atomic E-state index is 0.122. The number of carbonyl (C=O) groups excluding carboxylic acids is 1. The number of likely N-dealkylation sites (tertiary alicyclic amines) is 1. The lowest BCUT2D eigenvalue weighted by atomic mass is 9.99. The third kappa shape index (κ3) is 3.31. The maximum absolute atomic E-state index is 13.1. The molecule has 0 saturated carbocycles. The van der Waals surface area contributed by atoms with Gasteiger partial charge in [-0.15, -0.1) is 0 Å². The van der Waals surface area contributed by atoms with Crippen molar-refractivity contribution in [3.8, 4) is 5.69 Å². The van der Waals surface area contributed by atoms with Gasteiger partial charge in [-0.05, 0) is 37.9 Å². The molecule has 0 aliphatic carbocycles. The molecule has 4 rings (SSSR count). The van der Waals surface area contributed by atoms with Crippen LogP contribution in [0.4, 0.5) is 0 Å². The lowest BCUT2D eigenvalue weighted by Gasteiger charge is -2.22. The van der Waals surface area contributed by atoms with E-state index in [-0.39, 0.29) is 17.5 Å². The average molecular weight is 355 g/mol. The van der Waals surface area contributed by atoms with Crippen LogP contribution in [0.2, 0.25) is 0 Å². The Hall–Kier alpha value is -2.41. The highest BCUT2D eigenvalue weighted by molar-refractivity contribution is 5.77. The molecular weight excluding hydrogens is 330 g/mol. The van der Waals surface area contributed by atoms with Gasteiger partial charge in [0.2, 0.25) is 5.91 Å². The highest BCUT2D eigenvalue weighted by Gasteiger charge is 2.26. The zero-order valence-corrected chi connectivity index (χ0v) is 14.9. The van der Waals surface area contributed by atoms with Crippen LogP contribution in [0.5, 0.6) is 0 Å². The summed E-state index contributed by atoms with van der Waals surface area (Å²) in [5.74, 6) is 1.23. The summed E-state index contributed by atoms with van der Waals surface area (Å²) in [6.07, 6.45) is 3.64. The molecule has 26 heavy (non-hydrogen) atoms. The average Bonchev–Trinajstić information content (AvgIpc) is 3.24. The van der Waals surface area contributed by atoms with Crippen molar-refractivity contribution in [1.82, 2.24) is 24.6 Å². The smallest absolute Gasteiger partial charge is 0.341 e. The normalized spacial score (nSPS) is 20.7. The van der Waals surface area contributed by atoms with Gasteiger partial charge < -0.3 is 10.2 Å². The molecule has 1 aromatic heterocycles. The number of amides is 1. The molecule has 2 saturated heterocycles. The van der Waals surface area contributed by atoms with E-state index in [1.165, 1.54) is 4.68 Å². The highest BCUT2D eigenvalue weighted by Crippen LogP contribution is 2.23. The number of nitrogens with one attached hydrogen (secondary N) is 1. The van der Waals surface area contributed by atoms with Crippen LogP contribution in [0, 0.1) is 0 Å². The van der Waals surface area contributed by atoms with Crippen LogP contribution in [0.25, 0.3) is 5.69 Å². The van der Waals surface area contributed by atoms with Crippen molar-refractivity contribution < 1.29 is 4.79 Å².